The van der Waals surface area contributed by atoms with Crippen LogP contribution in [0.25, 0.3) is 6.08 Å². The molecule has 1 fully saturated rings. The Morgan fingerprint density at radius 2 is 2.00 bits per heavy atom. The summed E-state index contributed by atoms with van der Waals surface area (Å²) >= 11 is 0. The van der Waals surface area contributed by atoms with Crippen molar-refractivity contribution in [2.75, 3.05) is 7.11 Å². The first-order valence-corrected chi connectivity index (χ1v) is 9.09. The molecule has 0 heterocycles. The minimum atomic E-state index is -0.320. The van der Waals surface area contributed by atoms with Crippen molar-refractivity contribution in [3.05, 3.63) is 76.9 Å². The summed E-state index contributed by atoms with van der Waals surface area (Å²) in [5.74, 6) is 0.234. The molecule has 2 aromatic carbocycles. The lowest BCUT2D eigenvalue weighted by Gasteiger charge is -2.46. The van der Waals surface area contributed by atoms with E-state index in [1.54, 1.807) is 0 Å². The average Bonchev–Trinajstić information content (AvgIpc) is 2.68. The highest BCUT2D eigenvalue weighted by Crippen LogP contribution is 2.50. The Hall–Kier alpha value is -2.68. The second-order valence-electron chi connectivity index (χ2n) is 7.32. The second-order valence-corrected chi connectivity index (χ2v) is 7.32. The van der Waals surface area contributed by atoms with E-state index in [1.165, 1.54) is 18.2 Å². The molecule has 3 nitrogen and oxygen atoms in total. The smallest absolute Gasteiger partial charge is 0.337 e. The highest BCUT2D eigenvalue weighted by molar-refractivity contribution is 5.90. The van der Waals surface area contributed by atoms with E-state index < -0.39 is 0 Å². The van der Waals surface area contributed by atoms with E-state index in [9.17, 15) is 9.59 Å². The van der Waals surface area contributed by atoms with Gasteiger partial charge in [0, 0.05) is 18.3 Å². The van der Waals surface area contributed by atoms with Gasteiger partial charge in [-0.3, -0.25) is 4.79 Å². The largest absolute Gasteiger partial charge is 0.465 e. The van der Waals surface area contributed by atoms with Gasteiger partial charge < -0.3 is 4.74 Å². The van der Waals surface area contributed by atoms with Crippen molar-refractivity contribution < 1.29 is 14.3 Å². The zero-order valence-corrected chi connectivity index (χ0v) is 14.9. The number of allylic oxidation sites excluding steroid dienone is 1. The van der Waals surface area contributed by atoms with Crippen molar-refractivity contribution in [2.45, 2.75) is 31.1 Å². The molecule has 2 aliphatic rings. The van der Waals surface area contributed by atoms with Crippen LogP contribution in [-0.2, 0) is 21.4 Å². The van der Waals surface area contributed by atoms with Gasteiger partial charge in [-0.05, 0) is 47.6 Å². The van der Waals surface area contributed by atoms with Crippen LogP contribution < -0.4 is 0 Å². The molecule has 2 aliphatic carbocycles. The molecule has 26 heavy (non-hydrogen) atoms. The Morgan fingerprint density at radius 3 is 2.77 bits per heavy atom. The minimum Gasteiger partial charge on any atom is -0.465 e. The molecule has 2 atom stereocenters. The number of benzene rings is 2. The maximum atomic E-state index is 12.1. The van der Waals surface area contributed by atoms with Crippen LogP contribution in [0.3, 0.4) is 0 Å². The van der Waals surface area contributed by atoms with Crippen molar-refractivity contribution >= 4 is 17.8 Å². The second kappa shape index (κ2) is 6.56. The Morgan fingerprint density at radius 1 is 1.19 bits per heavy atom. The van der Waals surface area contributed by atoms with Gasteiger partial charge in [-0.15, -0.1) is 0 Å². The van der Waals surface area contributed by atoms with Crippen LogP contribution in [0, 0.1) is 5.92 Å². The summed E-state index contributed by atoms with van der Waals surface area (Å²) < 4.78 is 4.86. The van der Waals surface area contributed by atoms with Crippen LogP contribution in [-0.4, -0.2) is 18.9 Å². The molecule has 0 amide bonds. The van der Waals surface area contributed by atoms with Crippen LogP contribution >= 0.6 is 0 Å². The third kappa shape index (κ3) is 2.78. The van der Waals surface area contributed by atoms with Gasteiger partial charge in [-0.25, -0.2) is 4.79 Å². The van der Waals surface area contributed by atoms with Gasteiger partial charge in [0.1, 0.15) is 5.78 Å². The predicted molar refractivity (Wildman–Crippen MR) is 101 cm³/mol. The van der Waals surface area contributed by atoms with Crippen molar-refractivity contribution in [2.24, 2.45) is 5.92 Å². The van der Waals surface area contributed by atoms with E-state index in [4.69, 9.17) is 4.74 Å². The summed E-state index contributed by atoms with van der Waals surface area (Å²) in [6.07, 6.45) is 7.20. The molecule has 1 saturated carbocycles. The number of ether oxygens (including phenoxy) is 1. The van der Waals surface area contributed by atoms with E-state index in [1.807, 2.05) is 18.2 Å². The topological polar surface area (TPSA) is 43.4 Å². The molecule has 4 rings (SSSR count). The molecule has 1 unspecified atom stereocenters. The first-order valence-electron chi connectivity index (χ1n) is 9.09. The summed E-state index contributed by atoms with van der Waals surface area (Å²) in [4.78, 5) is 24.0. The highest BCUT2D eigenvalue weighted by Gasteiger charge is 2.45. The van der Waals surface area contributed by atoms with Crippen LogP contribution in [0.2, 0.25) is 0 Å². The molecule has 0 aliphatic heterocycles. The predicted octanol–water partition coefficient (Wildman–Crippen LogP) is 4.35. The molecule has 2 aromatic rings. The number of esters is 1. The first kappa shape index (κ1) is 16.8. The fraction of sp³-hybridized carbons (Fsp3) is 0.304. The lowest BCUT2D eigenvalue weighted by atomic mass is 9.57. The molecule has 0 N–H and O–H groups in total. The summed E-state index contributed by atoms with van der Waals surface area (Å²) in [5, 5.41) is 0. The van der Waals surface area contributed by atoms with Crippen molar-refractivity contribution in [1.29, 1.82) is 0 Å². The molecular formula is C23H22O3. The summed E-state index contributed by atoms with van der Waals surface area (Å²) in [5.41, 5.74) is 4.07. The number of rotatable bonds is 3. The van der Waals surface area contributed by atoms with E-state index in [2.05, 4.69) is 42.5 Å². The summed E-state index contributed by atoms with van der Waals surface area (Å²) in [7, 11) is 1.40. The highest BCUT2D eigenvalue weighted by atomic mass is 16.5. The average molecular weight is 346 g/mol. The van der Waals surface area contributed by atoms with Gasteiger partial charge in [-0.2, -0.15) is 0 Å². The summed E-state index contributed by atoms with van der Waals surface area (Å²) in [6, 6.07) is 16.3. The van der Waals surface area contributed by atoms with Gasteiger partial charge >= 0.3 is 5.97 Å². The van der Waals surface area contributed by atoms with E-state index in [0.717, 1.165) is 18.4 Å². The summed E-state index contributed by atoms with van der Waals surface area (Å²) in [6.45, 7) is 0. The number of Topliss-reactive ketones (excluding diaryl/α,β-unsaturated/α-hetero) is 1. The number of ketones is 1. The van der Waals surface area contributed by atoms with Crippen LogP contribution in [0.4, 0.5) is 0 Å². The van der Waals surface area contributed by atoms with Gasteiger partial charge in [0.2, 0.25) is 0 Å². The number of carbonyl (C=O) groups excluding carboxylic acids is 2. The zero-order valence-electron chi connectivity index (χ0n) is 14.9. The maximum Gasteiger partial charge on any atom is 0.337 e. The fourth-order valence-electron chi connectivity index (χ4n) is 4.57. The minimum absolute atomic E-state index is 0.0893. The van der Waals surface area contributed by atoms with Crippen LogP contribution in [0.15, 0.2) is 54.6 Å². The lowest BCUT2D eigenvalue weighted by Crippen LogP contribution is -2.43. The Labute approximate surface area is 153 Å². The Bertz CT molecular complexity index is 882. The van der Waals surface area contributed by atoms with Crippen molar-refractivity contribution in [1.82, 2.24) is 0 Å². The third-order valence-electron chi connectivity index (χ3n) is 5.89. The molecule has 132 valence electrons. The van der Waals surface area contributed by atoms with E-state index >= 15 is 0 Å². The monoisotopic (exact) mass is 346 g/mol. The van der Waals surface area contributed by atoms with Gasteiger partial charge in [0.15, 0.2) is 0 Å². The van der Waals surface area contributed by atoms with Crippen LogP contribution in [0.1, 0.15) is 46.3 Å². The van der Waals surface area contributed by atoms with Gasteiger partial charge in [0.05, 0.1) is 12.7 Å². The number of hydrogen-bond donors (Lipinski definition) is 0. The number of hydrogen-bond acceptors (Lipinski definition) is 3. The van der Waals surface area contributed by atoms with Gasteiger partial charge in [-0.1, -0.05) is 48.6 Å². The number of methoxy groups -OCH3 is 1. The van der Waals surface area contributed by atoms with Gasteiger partial charge in [0.25, 0.3) is 0 Å². The van der Waals surface area contributed by atoms with E-state index in [-0.39, 0.29) is 17.3 Å². The molecular weight excluding hydrogens is 324 g/mol. The third-order valence-corrected chi connectivity index (χ3v) is 5.89. The molecule has 0 bridgehead atoms. The maximum absolute atomic E-state index is 12.1. The Kier molecular flexibility index (Phi) is 4.23. The Balaban J connectivity index is 1.81. The van der Waals surface area contributed by atoms with Crippen molar-refractivity contribution in [3.63, 3.8) is 0 Å². The standard InChI is InChI=1S/C23H22O3/c1-26-22(25)18-8-10-21-17(13-18)7-9-19-14-20(24)11-12-23(19,21)15-16-5-3-2-4-6-16/h2-10,13,19H,11-12,14-15H2,1H3/t19?,23-/m0/s1. The molecule has 0 radical (unpaired) electrons. The number of carbonyl (C=O) groups is 2. The normalized spacial score (nSPS) is 23.9. The number of fused-ring (bicyclic) bond motifs is 3. The van der Waals surface area contributed by atoms with E-state index in [0.29, 0.717) is 24.2 Å². The van der Waals surface area contributed by atoms with Crippen LogP contribution in [0.5, 0.6) is 0 Å². The SMILES string of the molecule is COC(=O)c1ccc2c(c1)C=CC1CC(=O)CC[C@@]21Cc1ccccc1. The zero-order chi connectivity index (χ0) is 18.1. The quantitative estimate of drug-likeness (QED) is 0.776. The van der Waals surface area contributed by atoms with Crippen molar-refractivity contribution in [3.8, 4) is 0 Å². The molecule has 0 spiro atoms. The fourth-order valence-corrected chi connectivity index (χ4v) is 4.57. The molecule has 3 heteroatoms. The molecule has 0 saturated heterocycles. The molecule has 0 aromatic heterocycles. The first-order chi connectivity index (χ1) is 12.6. The lowest BCUT2D eigenvalue weighted by molar-refractivity contribution is -0.122.